The number of aryl methyl sites for hydroxylation is 1. The van der Waals surface area contributed by atoms with E-state index in [2.05, 4.69) is 90.7 Å². The van der Waals surface area contributed by atoms with Crippen molar-refractivity contribution in [3.05, 3.63) is 107 Å². The first-order valence-corrected chi connectivity index (χ1v) is 11.3. The Morgan fingerprint density at radius 1 is 0.968 bits per heavy atom. The molecule has 0 aromatic heterocycles. The summed E-state index contributed by atoms with van der Waals surface area (Å²) in [7, 11) is 0. The van der Waals surface area contributed by atoms with Crippen LogP contribution in [0.3, 0.4) is 0 Å². The smallest absolute Gasteiger partial charge is 0.311 e. The van der Waals surface area contributed by atoms with Gasteiger partial charge in [-0.1, -0.05) is 84.4 Å². The van der Waals surface area contributed by atoms with E-state index in [0.29, 0.717) is 6.61 Å². The van der Waals surface area contributed by atoms with E-state index < -0.39 is 0 Å². The monoisotopic (exact) mass is 411 g/mol. The van der Waals surface area contributed by atoms with Gasteiger partial charge in [-0.25, -0.2) is 0 Å². The third-order valence-corrected chi connectivity index (χ3v) is 6.96. The summed E-state index contributed by atoms with van der Waals surface area (Å²) in [4.78, 5) is 15.9. The maximum atomic E-state index is 13.3. The second-order valence-electron chi connectivity index (χ2n) is 8.79. The first kappa shape index (κ1) is 20.0. The Kier molecular flexibility index (Phi) is 5.37. The van der Waals surface area contributed by atoms with Crippen LogP contribution in [0.5, 0.6) is 0 Å². The molecule has 2 aliphatic rings. The highest BCUT2D eigenvalue weighted by molar-refractivity contribution is 5.76. The number of benzene rings is 3. The first-order chi connectivity index (χ1) is 15.2. The van der Waals surface area contributed by atoms with E-state index in [1.54, 1.807) is 0 Å². The average molecular weight is 412 g/mol. The molecular weight excluding hydrogens is 382 g/mol. The van der Waals surface area contributed by atoms with E-state index >= 15 is 0 Å². The summed E-state index contributed by atoms with van der Waals surface area (Å²) in [5.41, 5.74) is 6.46. The molecule has 4 atom stereocenters. The maximum Gasteiger partial charge on any atom is 0.311 e. The molecule has 1 fully saturated rings. The fourth-order valence-corrected chi connectivity index (χ4v) is 5.64. The molecule has 2 aliphatic heterocycles. The molecule has 3 aromatic rings. The summed E-state index contributed by atoms with van der Waals surface area (Å²) in [5.74, 6) is -0.160. The first-order valence-electron chi connectivity index (χ1n) is 11.3. The minimum Gasteiger partial charge on any atom is -0.466 e. The molecule has 4 unspecified atom stereocenters. The predicted molar refractivity (Wildman–Crippen MR) is 123 cm³/mol. The molecule has 5 rings (SSSR count). The van der Waals surface area contributed by atoms with Gasteiger partial charge in [0.1, 0.15) is 0 Å². The largest absolute Gasteiger partial charge is 0.466 e. The summed E-state index contributed by atoms with van der Waals surface area (Å²) < 4.78 is 5.64. The molecule has 0 spiro atoms. The van der Waals surface area contributed by atoms with Gasteiger partial charge in [0.2, 0.25) is 0 Å². The van der Waals surface area contributed by atoms with E-state index in [0.717, 1.165) is 13.0 Å². The Labute approximate surface area is 184 Å². The van der Waals surface area contributed by atoms with Crippen LogP contribution in [0.25, 0.3) is 0 Å². The molecular formula is C28H29NO2. The molecule has 3 nitrogen and oxygen atoms in total. The Morgan fingerprint density at radius 2 is 1.68 bits per heavy atom. The van der Waals surface area contributed by atoms with Crippen LogP contribution in [0.2, 0.25) is 0 Å². The van der Waals surface area contributed by atoms with Crippen molar-refractivity contribution in [1.82, 2.24) is 4.90 Å². The number of fused-ring (bicyclic) bond motifs is 4. The van der Waals surface area contributed by atoms with Crippen LogP contribution in [-0.4, -0.2) is 23.5 Å². The van der Waals surface area contributed by atoms with Crippen LogP contribution in [0, 0.1) is 12.8 Å². The van der Waals surface area contributed by atoms with E-state index in [1.807, 2.05) is 6.92 Å². The summed E-state index contributed by atoms with van der Waals surface area (Å²) in [6.45, 7) is 5.26. The maximum absolute atomic E-state index is 13.3. The van der Waals surface area contributed by atoms with Crippen LogP contribution in [0.15, 0.2) is 78.9 Å². The van der Waals surface area contributed by atoms with Gasteiger partial charge in [-0.2, -0.15) is 0 Å². The average Bonchev–Trinajstić information content (AvgIpc) is 3.00. The lowest BCUT2D eigenvalue weighted by atomic mass is 9.81. The molecule has 0 N–H and O–H groups in total. The van der Waals surface area contributed by atoms with Crippen LogP contribution in [0.1, 0.15) is 46.7 Å². The Balaban J connectivity index is 1.65. The number of hydrogen-bond donors (Lipinski definition) is 0. The molecule has 2 heterocycles. The van der Waals surface area contributed by atoms with Gasteiger partial charge in [-0.3, -0.25) is 9.69 Å². The fraction of sp³-hybridized carbons (Fsp3) is 0.321. The third-order valence-electron chi connectivity index (χ3n) is 6.96. The number of nitrogens with zero attached hydrogens (tertiary/aromatic N) is 1. The number of ether oxygens (including phenoxy) is 1. The molecule has 0 amide bonds. The normalized spacial score (nSPS) is 24.6. The molecule has 0 radical (unpaired) electrons. The minimum atomic E-state index is -0.177. The number of carbonyl (C=O) groups is 1. The summed E-state index contributed by atoms with van der Waals surface area (Å²) in [6.07, 6.45) is 0.880. The molecule has 0 aliphatic carbocycles. The van der Waals surface area contributed by atoms with Gasteiger partial charge in [0.05, 0.1) is 12.5 Å². The molecule has 1 saturated heterocycles. The van der Waals surface area contributed by atoms with Crippen molar-refractivity contribution in [1.29, 1.82) is 0 Å². The molecule has 3 aromatic carbocycles. The summed E-state index contributed by atoms with van der Waals surface area (Å²) in [5, 5.41) is 0. The van der Waals surface area contributed by atoms with Crippen molar-refractivity contribution >= 4 is 5.97 Å². The van der Waals surface area contributed by atoms with Gasteiger partial charge in [0, 0.05) is 24.5 Å². The zero-order valence-corrected chi connectivity index (χ0v) is 18.2. The Bertz CT molecular complexity index is 1060. The molecule has 31 heavy (non-hydrogen) atoms. The lowest BCUT2D eigenvalue weighted by Crippen LogP contribution is -2.41. The highest BCUT2D eigenvalue weighted by atomic mass is 16.5. The SMILES string of the molecule is CCOC(=O)C1C(c2ccc(C)cc2)C2c3ccccc3CC1N2Cc1ccccc1. The van der Waals surface area contributed by atoms with E-state index in [1.165, 1.54) is 27.8 Å². The zero-order valence-electron chi connectivity index (χ0n) is 18.2. The number of hydrogen-bond acceptors (Lipinski definition) is 3. The van der Waals surface area contributed by atoms with Gasteiger partial charge < -0.3 is 4.74 Å². The second kappa shape index (κ2) is 8.32. The number of carbonyl (C=O) groups excluding carboxylic acids is 1. The zero-order chi connectivity index (χ0) is 21.4. The summed E-state index contributed by atoms with van der Waals surface area (Å²) in [6, 6.07) is 28.4. The van der Waals surface area contributed by atoms with Gasteiger partial charge in [0.15, 0.2) is 0 Å². The van der Waals surface area contributed by atoms with Crippen LogP contribution >= 0.6 is 0 Å². The second-order valence-corrected chi connectivity index (χ2v) is 8.79. The third kappa shape index (κ3) is 3.57. The van der Waals surface area contributed by atoms with Gasteiger partial charge in [-0.15, -0.1) is 0 Å². The van der Waals surface area contributed by atoms with Crippen molar-refractivity contribution in [2.75, 3.05) is 6.61 Å². The fourth-order valence-electron chi connectivity index (χ4n) is 5.64. The Hall–Kier alpha value is -2.91. The van der Waals surface area contributed by atoms with E-state index in [4.69, 9.17) is 4.74 Å². The van der Waals surface area contributed by atoms with Gasteiger partial charge in [0.25, 0.3) is 0 Å². The van der Waals surface area contributed by atoms with Crippen LogP contribution in [-0.2, 0) is 22.5 Å². The minimum absolute atomic E-state index is 0.0635. The molecule has 158 valence electrons. The standard InChI is InChI=1S/C28H29NO2/c1-3-31-28(30)26-24-17-22-11-7-8-12-23(22)27(25(26)21-15-13-19(2)14-16-21)29(24)18-20-9-5-4-6-10-20/h4-16,24-27H,3,17-18H2,1-2H3. The Morgan fingerprint density at radius 3 is 2.42 bits per heavy atom. The van der Waals surface area contributed by atoms with Gasteiger partial charge in [-0.05, 0) is 42.5 Å². The molecule has 0 saturated carbocycles. The van der Waals surface area contributed by atoms with Crippen LogP contribution < -0.4 is 0 Å². The van der Waals surface area contributed by atoms with Crippen molar-refractivity contribution in [2.45, 2.75) is 44.8 Å². The van der Waals surface area contributed by atoms with E-state index in [-0.39, 0.29) is 29.9 Å². The van der Waals surface area contributed by atoms with Crippen molar-refractivity contribution in [2.24, 2.45) is 5.92 Å². The van der Waals surface area contributed by atoms with E-state index in [9.17, 15) is 4.79 Å². The molecule has 2 bridgehead atoms. The van der Waals surface area contributed by atoms with Crippen molar-refractivity contribution in [3.8, 4) is 0 Å². The van der Waals surface area contributed by atoms with Crippen molar-refractivity contribution < 1.29 is 9.53 Å². The number of rotatable bonds is 5. The summed E-state index contributed by atoms with van der Waals surface area (Å²) >= 11 is 0. The lowest BCUT2D eigenvalue weighted by molar-refractivity contribution is -0.149. The van der Waals surface area contributed by atoms with Crippen molar-refractivity contribution in [3.63, 3.8) is 0 Å². The highest BCUT2D eigenvalue weighted by Gasteiger charge is 2.56. The number of esters is 1. The predicted octanol–water partition coefficient (Wildman–Crippen LogP) is 5.44. The lowest BCUT2D eigenvalue weighted by Gasteiger charge is -2.37. The van der Waals surface area contributed by atoms with Gasteiger partial charge >= 0.3 is 5.97 Å². The highest BCUT2D eigenvalue weighted by Crippen LogP contribution is 2.55. The van der Waals surface area contributed by atoms with Crippen LogP contribution in [0.4, 0.5) is 0 Å². The quantitative estimate of drug-likeness (QED) is 0.524. The molecule has 3 heteroatoms. The topological polar surface area (TPSA) is 29.5 Å².